The molecule has 1 aliphatic carbocycles. The predicted molar refractivity (Wildman–Crippen MR) is 181 cm³/mol. The molecule has 46 heavy (non-hydrogen) atoms. The first-order chi connectivity index (χ1) is 22.2. The second-order valence-electron chi connectivity index (χ2n) is 12.2. The number of carbonyl (C=O) groups excluding carboxylic acids is 1. The number of hydrogen-bond acceptors (Lipinski definition) is 6. The molecule has 1 aliphatic heterocycles. The molecule has 0 amide bonds. The van der Waals surface area contributed by atoms with Gasteiger partial charge in [0.25, 0.3) is 0 Å². The number of sulfonamides is 1. The first kappa shape index (κ1) is 32.6. The van der Waals surface area contributed by atoms with Crippen LogP contribution in [0.25, 0.3) is 22.0 Å². The molecule has 0 saturated heterocycles. The number of fused-ring (bicyclic) bond motifs is 3. The summed E-state index contributed by atoms with van der Waals surface area (Å²) >= 11 is 7.06. The molecular weight excluding hydrogens is 624 g/mol. The molecule has 0 spiro atoms. The van der Waals surface area contributed by atoms with Crippen molar-refractivity contribution >= 4 is 38.5 Å². The number of carbonyl (C=O) groups is 1. The molecule has 246 valence electrons. The van der Waals surface area contributed by atoms with Crippen LogP contribution in [0.3, 0.4) is 0 Å². The molecule has 0 fully saturated rings. The Hall–Kier alpha value is -3.34. The molecular formula is C35H43ClN4O5S. The molecule has 6 rings (SSSR count). The minimum Gasteiger partial charge on any atom is -0.493 e. The van der Waals surface area contributed by atoms with Gasteiger partial charge in [-0.15, -0.1) is 0 Å². The van der Waals surface area contributed by atoms with Crippen molar-refractivity contribution in [1.82, 2.24) is 18.7 Å². The minimum absolute atomic E-state index is 0.0608. The largest absolute Gasteiger partial charge is 0.493 e. The Bertz CT molecular complexity index is 1890. The van der Waals surface area contributed by atoms with E-state index in [1.165, 1.54) is 28.3 Å². The van der Waals surface area contributed by atoms with Gasteiger partial charge in [-0.3, -0.25) is 4.68 Å². The molecule has 4 aromatic rings. The highest BCUT2D eigenvalue weighted by molar-refractivity contribution is 7.89. The Morgan fingerprint density at radius 3 is 2.63 bits per heavy atom. The quantitative estimate of drug-likeness (QED) is 0.158. The van der Waals surface area contributed by atoms with Crippen molar-refractivity contribution in [2.24, 2.45) is 7.05 Å². The highest BCUT2D eigenvalue weighted by Crippen LogP contribution is 2.43. The van der Waals surface area contributed by atoms with Gasteiger partial charge in [-0.1, -0.05) is 36.7 Å². The van der Waals surface area contributed by atoms with Gasteiger partial charge in [-0.25, -0.2) is 13.2 Å². The van der Waals surface area contributed by atoms with Crippen LogP contribution in [0.1, 0.15) is 78.1 Å². The fourth-order valence-corrected chi connectivity index (χ4v) is 8.62. The monoisotopic (exact) mass is 666 g/mol. The molecule has 11 heteroatoms. The Kier molecular flexibility index (Phi) is 9.50. The summed E-state index contributed by atoms with van der Waals surface area (Å²) in [6, 6.07) is 10.2. The van der Waals surface area contributed by atoms with E-state index in [0.29, 0.717) is 55.2 Å². The van der Waals surface area contributed by atoms with Gasteiger partial charge in [0.15, 0.2) is 0 Å². The second kappa shape index (κ2) is 13.4. The lowest BCUT2D eigenvalue weighted by atomic mass is 9.91. The maximum absolute atomic E-state index is 13.8. The third kappa shape index (κ3) is 5.95. The van der Waals surface area contributed by atoms with Gasteiger partial charge in [0, 0.05) is 42.8 Å². The third-order valence-electron chi connectivity index (χ3n) is 9.38. The molecule has 0 unspecified atom stereocenters. The fraction of sp³-hybridized carbons (Fsp3) is 0.486. The van der Waals surface area contributed by atoms with Crippen molar-refractivity contribution in [1.29, 1.82) is 0 Å². The predicted octanol–water partition coefficient (Wildman–Crippen LogP) is 6.49. The summed E-state index contributed by atoms with van der Waals surface area (Å²) in [5.41, 5.74) is 8.00. The summed E-state index contributed by atoms with van der Waals surface area (Å²) in [6.45, 7) is 5.01. The Morgan fingerprint density at radius 1 is 1.04 bits per heavy atom. The zero-order valence-corrected chi connectivity index (χ0v) is 28.8. The van der Waals surface area contributed by atoms with Crippen molar-refractivity contribution in [3.05, 3.63) is 69.1 Å². The summed E-state index contributed by atoms with van der Waals surface area (Å²) in [4.78, 5) is 13.8. The zero-order valence-electron chi connectivity index (χ0n) is 27.2. The lowest BCUT2D eigenvalue weighted by Crippen LogP contribution is -2.29. The summed E-state index contributed by atoms with van der Waals surface area (Å²) < 4.78 is 43.8. The number of aryl methyl sites for hydroxylation is 4. The average molecular weight is 667 g/mol. The van der Waals surface area contributed by atoms with Gasteiger partial charge in [0.2, 0.25) is 10.0 Å². The molecule has 0 saturated carbocycles. The minimum atomic E-state index is -3.58. The first-order valence-corrected chi connectivity index (χ1v) is 18.4. The van der Waals surface area contributed by atoms with Gasteiger partial charge >= 0.3 is 5.97 Å². The van der Waals surface area contributed by atoms with E-state index >= 15 is 0 Å². The summed E-state index contributed by atoms with van der Waals surface area (Å²) in [7, 11) is -0.112. The summed E-state index contributed by atoms with van der Waals surface area (Å²) in [5.74, 6) is 0.469. The lowest BCUT2D eigenvalue weighted by molar-refractivity contribution is 0.0512. The summed E-state index contributed by atoms with van der Waals surface area (Å²) in [5, 5.41) is 6.23. The van der Waals surface area contributed by atoms with Gasteiger partial charge in [-0.2, -0.15) is 9.40 Å². The van der Waals surface area contributed by atoms with Crippen LogP contribution in [0.5, 0.6) is 5.75 Å². The van der Waals surface area contributed by atoms with E-state index in [-0.39, 0.29) is 18.9 Å². The van der Waals surface area contributed by atoms with Crippen LogP contribution < -0.4 is 4.74 Å². The topological polar surface area (TPSA) is 95.7 Å². The van der Waals surface area contributed by atoms with Crippen LogP contribution in [-0.4, -0.2) is 59.1 Å². The lowest BCUT2D eigenvalue weighted by Gasteiger charge is -2.19. The van der Waals surface area contributed by atoms with Gasteiger partial charge in [-0.05, 0) is 87.1 Å². The number of halogens is 1. The standard InChI is InChI=1S/C35H43ClN4O5S/c1-5-29-32-28(37-39(29)4)22-38(3)46(42,43)21-11-19-40-33-26(17-18-27(36)31(32)33)25(34(40)35(41)44-6-2)15-10-20-45-30-16-9-13-23-12-7-8-14-24(23)30/h9,13,16-18H,5-8,10-12,14-15,19-22H2,1-4H3. The van der Waals surface area contributed by atoms with E-state index in [1.54, 1.807) is 14.0 Å². The van der Waals surface area contributed by atoms with E-state index in [1.807, 2.05) is 28.4 Å². The molecule has 9 nitrogen and oxygen atoms in total. The number of esters is 1. The summed E-state index contributed by atoms with van der Waals surface area (Å²) in [6.07, 6.45) is 6.78. The van der Waals surface area contributed by atoms with E-state index in [2.05, 4.69) is 25.1 Å². The number of aromatic nitrogens is 3. The Morgan fingerprint density at radius 2 is 1.85 bits per heavy atom. The van der Waals surface area contributed by atoms with Crippen molar-refractivity contribution in [3.63, 3.8) is 0 Å². The molecule has 0 radical (unpaired) electrons. The normalized spacial score (nSPS) is 16.5. The average Bonchev–Trinajstić information content (AvgIpc) is 3.51. The number of hydrogen-bond donors (Lipinski definition) is 0. The number of ether oxygens (including phenoxy) is 2. The van der Waals surface area contributed by atoms with E-state index in [4.69, 9.17) is 26.2 Å². The van der Waals surface area contributed by atoms with E-state index in [9.17, 15) is 13.2 Å². The first-order valence-electron chi connectivity index (χ1n) is 16.4. The molecule has 0 atom stereocenters. The molecule has 3 heterocycles. The van der Waals surface area contributed by atoms with Crippen LogP contribution in [0.2, 0.25) is 5.02 Å². The number of benzene rings is 2. The van der Waals surface area contributed by atoms with Crippen LogP contribution >= 0.6 is 11.6 Å². The molecule has 2 aromatic carbocycles. The number of nitrogens with zero attached hydrogens (tertiary/aromatic N) is 4. The zero-order chi connectivity index (χ0) is 32.6. The highest BCUT2D eigenvalue weighted by Gasteiger charge is 2.32. The van der Waals surface area contributed by atoms with Crippen molar-refractivity contribution in [3.8, 4) is 16.9 Å². The van der Waals surface area contributed by atoms with Crippen molar-refractivity contribution in [2.75, 3.05) is 26.0 Å². The van der Waals surface area contributed by atoms with Crippen LogP contribution in [-0.2, 0) is 60.6 Å². The van der Waals surface area contributed by atoms with E-state index in [0.717, 1.165) is 51.9 Å². The highest BCUT2D eigenvalue weighted by atomic mass is 35.5. The van der Waals surface area contributed by atoms with Gasteiger partial charge < -0.3 is 14.0 Å². The van der Waals surface area contributed by atoms with Crippen molar-refractivity contribution < 1.29 is 22.7 Å². The fourth-order valence-electron chi connectivity index (χ4n) is 7.25. The molecule has 0 N–H and O–H groups in total. The van der Waals surface area contributed by atoms with Crippen molar-refractivity contribution in [2.45, 2.75) is 78.3 Å². The van der Waals surface area contributed by atoms with Crippen LogP contribution in [0.15, 0.2) is 30.3 Å². The van der Waals surface area contributed by atoms with Crippen LogP contribution in [0, 0.1) is 0 Å². The molecule has 0 bridgehead atoms. The SMILES string of the molecule is CCOC(=O)c1c(CCCOc2cccc3c2CCCC3)c2ccc(Cl)c3c2n1CCCS(=O)(=O)N(C)Cc1nn(C)c(CC)c1-3. The maximum atomic E-state index is 13.8. The second-order valence-corrected chi connectivity index (χ2v) is 14.8. The third-order valence-corrected chi connectivity index (χ3v) is 11.6. The maximum Gasteiger partial charge on any atom is 0.355 e. The van der Waals surface area contributed by atoms with Gasteiger partial charge in [0.1, 0.15) is 11.4 Å². The number of rotatable bonds is 8. The smallest absolute Gasteiger partial charge is 0.355 e. The molecule has 2 aromatic heterocycles. The molecule has 2 aliphatic rings. The Labute approximate surface area is 276 Å². The van der Waals surface area contributed by atoms with Gasteiger partial charge in [0.05, 0.1) is 41.7 Å². The van der Waals surface area contributed by atoms with E-state index < -0.39 is 16.0 Å². The Balaban J connectivity index is 1.48. The van der Waals surface area contributed by atoms with Crippen LogP contribution in [0.4, 0.5) is 0 Å².